The third-order valence-corrected chi connectivity index (χ3v) is 3.95. The van der Waals surface area contributed by atoms with E-state index in [0.717, 1.165) is 38.5 Å². The molecule has 108 valence electrons. The summed E-state index contributed by atoms with van der Waals surface area (Å²) in [6.07, 6.45) is 4.83. The molecule has 0 saturated heterocycles. The van der Waals surface area contributed by atoms with Gasteiger partial charge in [-0.1, -0.05) is 0 Å². The fourth-order valence-electron chi connectivity index (χ4n) is 2.47. The Morgan fingerprint density at radius 2 is 0.944 bits per heavy atom. The van der Waals surface area contributed by atoms with E-state index < -0.39 is 0 Å². The second-order valence-electron chi connectivity index (χ2n) is 5.48. The molecule has 0 aromatic rings. The van der Waals surface area contributed by atoms with Gasteiger partial charge in [-0.3, -0.25) is 0 Å². The van der Waals surface area contributed by atoms with Crippen LogP contribution in [0.1, 0.15) is 38.5 Å². The van der Waals surface area contributed by atoms with Gasteiger partial charge in [-0.2, -0.15) is 0 Å². The third-order valence-electron chi connectivity index (χ3n) is 3.95. The summed E-state index contributed by atoms with van der Waals surface area (Å²) < 4.78 is 0. The molecule has 6 atom stereocenters. The quantitative estimate of drug-likeness (QED) is 0.308. The molecule has 6 nitrogen and oxygen atoms in total. The van der Waals surface area contributed by atoms with E-state index in [1.807, 2.05) is 0 Å². The zero-order valence-electron chi connectivity index (χ0n) is 10.9. The molecule has 10 N–H and O–H groups in total. The van der Waals surface area contributed by atoms with E-state index in [4.69, 9.17) is 33.1 Å². The molecule has 2 saturated carbocycles. The highest BCUT2D eigenvalue weighted by Gasteiger charge is 2.26. The number of nitrogens with two attached hydrogens (primary N) is 4. The van der Waals surface area contributed by atoms with E-state index in [2.05, 4.69) is 0 Å². The predicted molar refractivity (Wildman–Crippen MR) is 71.6 cm³/mol. The van der Waals surface area contributed by atoms with Crippen LogP contribution in [0.15, 0.2) is 0 Å². The zero-order valence-corrected chi connectivity index (χ0v) is 10.9. The van der Waals surface area contributed by atoms with Gasteiger partial charge >= 0.3 is 0 Å². The monoisotopic (exact) mass is 260 g/mol. The number of hydrogen-bond donors (Lipinski definition) is 6. The first-order valence-corrected chi connectivity index (χ1v) is 6.82. The summed E-state index contributed by atoms with van der Waals surface area (Å²) >= 11 is 0. The highest BCUT2D eigenvalue weighted by molar-refractivity contribution is 4.87. The van der Waals surface area contributed by atoms with Crippen molar-refractivity contribution < 1.29 is 10.2 Å². The Bertz CT molecular complexity index is 198. The molecule has 2 rings (SSSR count). The molecule has 2 aliphatic rings. The molecule has 2 fully saturated rings. The van der Waals surface area contributed by atoms with Gasteiger partial charge in [-0.15, -0.1) is 0 Å². The molecule has 0 spiro atoms. The van der Waals surface area contributed by atoms with Gasteiger partial charge in [-0.25, -0.2) is 0 Å². The summed E-state index contributed by atoms with van der Waals surface area (Å²) in [6.45, 7) is 0. The minimum atomic E-state index is -0.367. The van der Waals surface area contributed by atoms with Gasteiger partial charge in [0.2, 0.25) is 0 Å². The molecule has 18 heavy (non-hydrogen) atoms. The molecule has 0 heterocycles. The lowest BCUT2D eigenvalue weighted by molar-refractivity contribution is 0.0974. The topological polar surface area (TPSA) is 145 Å². The Morgan fingerprint density at radius 3 is 1.17 bits per heavy atom. The highest BCUT2D eigenvalue weighted by atomic mass is 16.3. The first kappa shape index (κ1) is 15.8. The lowest BCUT2D eigenvalue weighted by atomic mass is 9.89. The van der Waals surface area contributed by atoms with E-state index in [1.54, 1.807) is 0 Å². The van der Waals surface area contributed by atoms with Gasteiger partial charge in [0, 0.05) is 24.2 Å². The van der Waals surface area contributed by atoms with E-state index in [-0.39, 0.29) is 36.4 Å². The number of aliphatic hydroxyl groups excluding tert-OH is 2. The lowest BCUT2D eigenvalue weighted by Crippen LogP contribution is -2.51. The molecule has 0 amide bonds. The second kappa shape index (κ2) is 7.37. The number of hydrogen-bond acceptors (Lipinski definition) is 6. The van der Waals surface area contributed by atoms with Crippen LogP contribution in [0, 0.1) is 0 Å². The normalized spacial score (nSPS) is 45.0. The van der Waals surface area contributed by atoms with E-state index in [0.29, 0.717) is 0 Å². The summed E-state index contributed by atoms with van der Waals surface area (Å²) in [5, 5.41) is 18.3. The van der Waals surface area contributed by atoms with Crippen LogP contribution in [0.5, 0.6) is 0 Å². The van der Waals surface area contributed by atoms with Gasteiger partial charge < -0.3 is 33.1 Å². The summed E-state index contributed by atoms with van der Waals surface area (Å²) in [5.74, 6) is 0. The van der Waals surface area contributed by atoms with Crippen LogP contribution in [0.25, 0.3) is 0 Å². The van der Waals surface area contributed by atoms with Gasteiger partial charge in [-0.05, 0) is 38.5 Å². The number of aliphatic hydroxyl groups is 2. The summed E-state index contributed by atoms with van der Waals surface area (Å²) in [4.78, 5) is 0. The fraction of sp³-hybridized carbons (Fsp3) is 1.00. The second-order valence-corrected chi connectivity index (χ2v) is 5.48. The molecule has 0 bridgehead atoms. The Hall–Kier alpha value is -0.240. The van der Waals surface area contributed by atoms with Crippen molar-refractivity contribution in [2.45, 2.75) is 74.9 Å². The van der Waals surface area contributed by atoms with Crippen LogP contribution in [-0.4, -0.2) is 46.6 Å². The Morgan fingerprint density at radius 1 is 0.611 bits per heavy atom. The van der Waals surface area contributed by atoms with Gasteiger partial charge in [0.1, 0.15) is 0 Å². The molecular weight excluding hydrogens is 232 g/mol. The van der Waals surface area contributed by atoms with E-state index in [9.17, 15) is 0 Å². The first-order chi connectivity index (χ1) is 8.43. The van der Waals surface area contributed by atoms with E-state index >= 15 is 0 Å². The van der Waals surface area contributed by atoms with Crippen LogP contribution in [-0.2, 0) is 0 Å². The largest absolute Gasteiger partial charge is 0.391 e. The third kappa shape index (κ3) is 4.46. The Kier molecular flexibility index (Phi) is 6.48. The average molecular weight is 260 g/mol. The Balaban J connectivity index is 0.000000180. The molecule has 2 aliphatic carbocycles. The minimum absolute atomic E-state index is 0.00810. The SMILES string of the molecule is N[C@@H]1[C@H](N)CCC[C@@H]1O.N[C@@H]1[C@H](O)CCC[C@@H]1N. The molecule has 6 heteroatoms. The molecule has 0 unspecified atom stereocenters. The molecule has 0 radical (unpaired) electrons. The number of rotatable bonds is 0. The van der Waals surface area contributed by atoms with Crippen molar-refractivity contribution in [3.05, 3.63) is 0 Å². The van der Waals surface area contributed by atoms with Gasteiger partial charge in [0.15, 0.2) is 0 Å². The maximum Gasteiger partial charge on any atom is 0.0706 e. The minimum Gasteiger partial charge on any atom is -0.391 e. The maximum atomic E-state index is 9.14. The van der Waals surface area contributed by atoms with Crippen LogP contribution in [0.2, 0.25) is 0 Å². The Labute approximate surface area is 109 Å². The summed E-state index contributed by atoms with van der Waals surface area (Å²) in [6, 6.07) is -0.375. The molecule has 0 aromatic heterocycles. The van der Waals surface area contributed by atoms with Crippen LogP contribution in [0.3, 0.4) is 0 Å². The van der Waals surface area contributed by atoms with Gasteiger partial charge in [0.05, 0.1) is 12.2 Å². The highest BCUT2D eigenvalue weighted by Crippen LogP contribution is 2.16. The van der Waals surface area contributed by atoms with Crippen LogP contribution < -0.4 is 22.9 Å². The van der Waals surface area contributed by atoms with Gasteiger partial charge in [0.25, 0.3) is 0 Å². The summed E-state index contributed by atoms with van der Waals surface area (Å²) in [5.41, 5.74) is 22.3. The standard InChI is InChI=1S/2C6H14N2O/c2*7-4-2-1-3-5(9)6(4)8/h2*4-6,9H,1-3,7-8H2/t2*4-,5+,6-/m10/s1. The van der Waals surface area contributed by atoms with Crippen molar-refractivity contribution in [2.75, 3.05) is 0 Å². The smallest absolute Gasteiger partial charge is 0.0706 e. The first-order valence-electron chi connectivity index (χ1n) is 6.82. The zero-order chi connectivity index (χ0) is 13.7. The van der Waals surface area contributed by atoms with Crippen molar-refractivity contribution in [1.29, 1.82) is 0 Å². The van der Waals surface area contributed by atoms with Crippen molar-refractivity contribution in [3.8, 4) is 0 Å². The van der Waals surface area contributed by atoms with Crippen molar-refractivity contribution in [1.82, 2.24) is 0 Å². The molecular formula is C12H28N4O2. The fourth-order valence-corrected chi connectivity index (χ4v) is 2.47. The van der Waals surface area contributed by atoms with Crippen molar-refractivity contribution in [3.63, 3.8) is 0 Å². The van der Waals surface area contributed by atoms with Crippen molar-refractivity contribution in [2.24, 2.45) is 22.9 Å². The molecule has 0 aromatic carbocycles. The van der Waals surface area contributed by atoms with Crippen LogP contribution >= 0.6 is 0 Å². The van der Waals surface area contributed by atoms with Crippen molar-refractivity contribution >= 4 is 0 Å². The van der Waals surface area contributed by atoms with Crippen LogP contribution in [0.4, 0.5) is 0 Å². The molecule has 0 aliphatic heterocycles. The lowest BCUT2D eigenvalue weighted by Gasteiger charge is -2.29. The summed E-state index contributed by atoms with van der Waals surface area (Å²) in [7, 11) is 0. The predicted octanol–water partition coefficient (Wildman–Crippen LogP) is -1.63. The maximum absolute atomic E-state index is 9.14. The van der Waals surface area contributed by atoms with E-state index in [1.165, 1.54) is 0 Å². The average Bonchev–Trinajstić information content (AvgIpc) is 2.34.